The predicted molar refractivity (Wildman–Crippen MR) is 87.8 cm³/mol. The summed E-state index contributed by atoms with van der Waals surface area (Å²) in [5.74, 6) is 0.386. The van der Waals surface area contributed by atoms with Crippen molar-refractivity contribution in [2.45, 2.75) is 40.0 Å². The molecular formula is C17H23N3O2. The molecule has 0 saturated carbocycles. The third kappa shape index (κ3) is 4.16. The van der Waals surface area contributed by atoms with E-state index < -0.39 is 0 Å². The van der Waals surface area contributed by atoms with Gasteiger partial charge in [0.25, 0.3) is 0 Å². The summed E-state index contributed by atoms with van der Waals surface area (Å²) in [5, 5.41) is 4.15. The summed E-state index contributed by atoms with van der Waals surface area (Å²) < 4.78 is 0. The molecule has 0 aromatic heterocycles. The van der Waals surface area contributed by atoms with Crippen LogP contribution in [0.25, 0.3) is 0 Å². The number of hydrogen-bond acceptors (Lipinski definition) is 3. The first-order valence-corrected chi connectivity index (χ1v) is 7.71. The number of anilines is 1. The van der Waals surface area contributed by atoms with Crippen LogP contribution in [0.15, 0.2) is 29.4 Å². The van der Waals surface area contributed by atoms with E-state index in [4.69, 9.17) is 0 Å². The van der Waals surface area contributed by atoms with Gasteiger partial charge in [0.1, 0.15) is 0 Å². The molecule has 1 aromatic rings. The Kier molecular flexibility index (Phi) is 5.31. The van der Waals surface area contributed by atoms with Crippen molar-refractivity contribution in [3.8, 4) is 0 Å². The Bertz CT molecular complexity index is 593. The summed E-state index contributed by atoms with van der Waals surface area (Å²) in [7, 11) is 0. The average molecular weight is 301 g/mol. The highest BCUT2D eigenvalue weighted by Crippen LogP contribution is 2.22. The van der Waals surface area contributed by atoms with E-state index in [1.165, 1.54) is 0 Å². The second-order valence-corrected chi connectivity index (χ2v) is 6.03. The van der Waals surface area contributed by atoms with E-state index in [9.17, 15) is 9.59 Å². The van der Waals surface area contributed by atoms with Crippen LogP contribution in [-0.4, -0.2) is 24.1 Å². The minimum atomic E-state index is -0.0831. The minimum Gasteiger partial charge on any atom is -0.312 e. The van der Waals surface area contributed by atoms with E-state index in [-0.39, 0.29) is 11.8 Å². The van der Waals surface area contributed by atoms with Gasteiger partial charge in [-0.05, 0) is 37.0 Å². The lowest BCUT2D eigenvalue weighted by molar-refractivity contribution is -0.121. The van der Waals surface area contributed by atoms with Crippen LogP contribution in [0.2, 0.25) is 0 Å². The van der Waals surface area contributed by atoms with Gasteiger partial charge in [-0.25, -0.2) is 5.43 Å². The van der Waals surface area contributed by atoms with Crippen LogP contribution in [0, 0.1) is 5.92 Å². The molecular weight excluding hydrogens is 278 g/mol. The fraction of sp³-hybridized carbons (Fsp3) is 0.471. The van der Waals surface area contributed by atoms with Crippen LogP contribution < -0.4 is 10.3 Å². The standard InChI is InChI=1S/C17H23N3O2/c1-12(2)10-16(21)19-18-13(3)14-6-4-7-15(11-14)20-9-5-8-17(20)22/h4,6-7,11-12H,5,8-10H2,1-3H3,(H,19,21)/b18-13-. The maximum Gasteiger partial charge on any atom is 0.240 e. The van der Waals surface area contributed by atoms with E-state index in [1.54, 1.807) is 4.90 Å². The molecule has 1 aliphatic heterocycles. The van der Waals surface area contributed by atoms with Crippen LogP contribution >= 0.6 is 0 Å². The highest BCUT2D eigenvalue weighted by Gasteiger charge is 2.21. The van der Waals surface area contributed by atoms with Crippen LogP contribution in [0.5, 0.6) is 0 Å². The molecule has 5 heteroatoms. The lowest BCUT2D eigenvalue weighted by atomic mass is 10.1. The number of amides is 2. The Morgan fingerprint density at radius 1 is 1.41 bits per heavy atom. The molecule has 2 rings (SSSR count). The molecule has 5 nitrogen and oxygen atoms in total. The molecule has 1 saturated heterocycles. The van der Waals surface area contributed by atoms with Crippen molar-refractivity contribution >= 4 is 23.2 Å². The summed E-state index contributed by atoms with van der Waals surface area (Å²) in [6.07, 6.45) is 1.98. The molecule has 1 heterocycles. The van der Waals surface area contributed by atoms with E-state index in [0.29, 0.717) is 18.8 Å². The topological polar surface area (TPSA) is 61.8 Å². The van der Waals surface area contributed by atoms with Crippen molar-refractivity contribution in [1.82, 2.24) is 5.43 Å². The first-order chi connectivity index (χ1) is 10.5. The molecule has 0 unspecified atom stereocenters. The number of benzene rings is 1. The molecule has 1 N–H and O–H groups in total. The molecule has 0 bridgehead atoms. The summed E-state index contributed by atoms with van der Waals surface area (Å²) >= 11 is 0. The summed E-state index contributed by atoms with van der Waals surface area (Å²) in [4.78, 5) is 25.2. The van der Waals surface area contributed by atoms with Gasteiger partial charge in [-0.3, -0.25) is 9.59 Å². The van der Waals surface area contributed by atoms with Gasteiger partial charge in [0, 0.05) is 25.1 Å². The second kappa shape index (κ2) is 7.20. The Hall–Kier alpha value is -2.17. The normalized spacial score (nSPS) is 15.5. The van der Waals surface area contributed by atoms with Gasteiger partial charge >= 0.3 is 0 Å². The van der Waals surface area contributed by atoms with Gasteiger partial charge in [0.15, 0.2) is 0 Å². The van der Waals surface area contributed by atoms with Gasteiger partial charge in [-0.1, -0.05) is 26.0 Å². The summed E-state index contributed by atoms with van der Waals surface area (Å²) in [5.41, 5.74) is 5.10. The lowest BCUT2D eigenvalue weighted by Crippen LogP contribution is -2.24. The molecule has 0 radical (unpaired) electrons. The third-order valence-corrected chi connectivity index (χ3v) is 3.59. The van der Waals surface area contributed by atoms with Crippen molar-refractivity contribution < 1.29 is 9.59 Å². The van der Waals surface area contributed by atoms with E-state index >= 15 is 0 Å². The molecule has 118 valence electrons. The van der Waals surface area contributed by atoms with Crippen LogP contribution in [0.4, 0.5) is 5.69 Å². The number of carbonyl (C=O) groups excluding carboxylic acids is 2. The second-order valence-electron chi connectivity index (χ2n) is 6.03. The molecule has 2 amide bonds. The maximum absolute atomic E-state index is 11.8. The Morgan fingerprint density at radius 3 is 2.82 bits per heavy atom. The van der Waals surface area contributed by atoms with E-state index in [1.807, 2.05) is 45.0 Å². The van der Waals surface area contributed by atoms with Crippen molar-refractivity contribution in [1.29, 1.82) is 0 Å². The Morgan fingerprint density at radius 2 is 2.18 bits per heavy atom. The molecule has 1 aromatic carbocycles. The van der Waals surface area contributed by atoms with E-state index in [0.717, 1.165) is 29.9 Å². The molecule has 22 heavy (non-hydrogen) atoms. The first kappa shape index (κ1) is 16.2. The lowest BCUT2D eigenvalue weighted by Gasteiger charge is -2.16. The van der Waals surface area contributed by atoms with Crippen molar-refractivity contribution in [3.05, 3.63) is 29.8 Å². The molecule has 0 spiro atoms. The quantitative estimate of drug-likeness (QED) is 0.671. The van der Waals surface area contributed by atoms with Crippen LogP contribution in [0.3, 0.4) is 0 Å². The van der Waals surface area contributed by atoms with Gasteiger partial charge in [-0.2, -0.15) is 5.10 Å². The molecule has 1 aliphatic rings. The zero-order valence-electron chi connectivity index (χ0n) is 13.4. The largest absolute Gasteiger partial charge is 0.312 e. The van der Waals surface area contributed by atoms with Gasteiger partial charge in [0.2, 0.25) is 11.8 Å². The SMILES string of the molecule is C/C(=N/NC(=O)CC(C)C)c1cccc(N2CCCC2=O)c1. The minimum absolute atomic E-state index is 0.0831. The molecule has 0 atom stereocenters. The number of rotatable bonds is 5. The molecule has 0 aliphatic carbocycles. The van der Waals surface area contributed by atoms with Crippen LogP contribution in [0.1, 0.15) is 45.6 Å². The van der Waals surface area contributed by atoms with Crippen molar-refractivity contribution in [2.24, 2.45) is 11.0 Å². The van der Waals surface area contributed by atoms with Gasteiger partial charge in [-0.15, -0.1) is 0 Å². The van der Waals surface area contributed by atoms with Crippen LogP contribution in [-0.2, 0) is 9.59 Å². The number of nitrogens with one attached hydrogen (secondary N) is 1. The Labute approximate surface area is 131 Å². The van der Waals surface area contributed by atoms with Crippen molar-refractivity contribution in [3.63, 3.8) is 0 Å². The third-order valence-electron chi connectivity index (χ3n) is 3.59. The smallest absolute Gasteiger partial charge is 0.240 e. The monoisotopic (exact) mass is 301 g/mol. The Balaban J connectivity index is 2.08. The van der Waals surface area contributed by atoms with Gasteiger partial charge in [0.05, 0.1) is 5.71 Å². The number of nitrogens with zero attached hydrogens (tertiary/aromatic N) is 2. The maximum atomic E-state index is 11.8. The fourth-order valence-electron chi connectivity index (χ4n) is 2.45. The highest BCUT2D eigenvalue weighted by molar-refractivity contribution is 6.01. The fourth-order valence-corrected chi connectivity index (χ4v) is 2.45. The average Bonchev–Trinajstić information content (AvgIpc) is 2.90. The predicted octanol–water partition coefficient (Wildman–Crippen LogP) is 2.70. The summed E-state index contributed by atoms with van der Waals surface area (Å²) in [6.45, 7) is 6.60. The van der Waals surface area contributed by atoms with E-state index in [2.05, 4.69) is 10.5 Å². The number of hydrogen-bond donors (Lipinski definition) is 1. The zero-order chi connectivity index (χ0) is 16.1. The number of hydrazone groups is 1. The van der Waals surface area contributed by atoms with Gasteiger partial charge < -0.3 is 4.90 Å². The summed E-state index contributed by atoms with van der Waals surface area (Å²) in [6, 6.07) is 7.71. The molecule has 1 fully saturated rings. The first-order valence-electron chi connectivity index (χ1n) is 7.71. The number of carbonyl (C=O) groups is 2. The zero-order valence-corrected chi connectivity index (χ0v) is 13.4. The highest BCUT2D eigenvalue weighted by atomic mass is 16.2. The van der Waals surface area contributed by atoms with Crippen molar-refractivity contribution in [2.75, 3.05) is 11.4 Å².